The van der Waals surface area contributed by atoms with Crippen LogP contribution in [0.3, 0.4) is 0 Å². The lowest BCUT2D eigenvalue weighted by Crippen LogP contribution is -2.55. The minimum atomic E-state index is -1.22. The summed E-state index contributed by atoms with van der Waals surface area (Å²) in [5.41, 5.74) is 2.72. The van der Waals surface area contributed by atoms with Gasteiger partial charge in [0.05, 0.1) is 6.54 Å². The van der Waals surface area contributed by atoms with Crippen molar-refractivity contribution in [2.24, 2.45) is 5.92 Å². The molecule has 0 aromatic heterocycles. The number of aliphatic carboxylic acids is 1. The Bertz CT molecular complexity index is 1190. The van der Waals surface area contributed by atoms with Crippen molar-refractivity contribution in [3.63, 3.8) is 0 Å². The monoisotopic (exact) mass is 551 g/mol. The van der Waals surface area contributed by atoms with Gasteiger partial charge < -0.3 is 25.8 Å². The molecule has 0 spiro atoms. The second kappa shape index (κ2) is 16.5. The van der Waals surface area contributed by atoms with E-state index in [1.807, 2.05) is 37.3 Å². The lowest BCUT2D eigenvalue weighted by molar-refractivity contribution is -0.150. The van der Waals surface area contributed by atoms with Gasteiger partial charge in [-0.3, -0.25) is 19.2 Å². The molecule has 2 atom stereocenters. The van der Waals surface area contributed by atoms with Crippen LogP contribution in [-0.4, -0.2) is 53.4 Å². The molecule has 0 bridgehead atoms. The molecule has 0 saturated heterocycles. The van der Waals surface area contributed by atoms with Gasteiger partial charge in [-0.15, -0.1) is 0 Å². The summed E-state index contributed by atoms with van der Waals surface area (Å²) in [4.78, 5) is 61.5. The Morgan fingerprint density at radius 2 is 1.65 bits per heavy atom. The van der Waals surface area contributed by atoms with Crippen LogP contribution in [0.25, 0.3) is 6.08 Å². The number of rotatable bonds is 15. The number of hydrogen-bond donors (Lipinski definition) is 4. The number of hydrogen-bond acceptors (Lipinski definition) is 6. The molecule has 0 fully saturated rings. The summed E-state index contributed by atoms with van der Waals surface area (Å²) in [6.45, 7) is 5.04. The maximum absolute atomic E-state index is 13.0. The Labute approximate surface area is 234 Å². The van der Waals surface area contributed by atoms with Crippen molar-refractivity contribution >= 4 is 35.7 Å². The molecule has 40 heavy (non-hydrogen) atoms. The van der Waals surface area contributed by atoms with E-state index in [4.69, 9.17) is 9.84 Å². The Balaban J connectivity index is 1.94. The summed E-state index contributed by atoms with van der Waals surface area (Å²) < 4.78 is 5.29. The van der Waals surface area contributed by atoms with E-state index < -0.39 is 41.7 Å². The van der Waals surface area contributed by atoms with E-state index in [2.05, 4.69) is 16.0 Å². The maximum atomic E-state index is 13.0. The number of ether oxygens (including phenoxy) is 1. The molecule has 2 unspecified atom stereocenters. The molecular weight excluding hydrogens is 514 g/mol. The van der Waals surface area contributed by atoms with Crippen molar-refractivity contribution in [2.75, 3.05) is 6.54 Å². The Kier molecular flexibility index (Phi) is 13.1. The van der Waals surface area contributed by atoms with Gasteiger partial charge in [-0.1, -0.05) is 75.4 Å². The van der Waals surface area contributed by atoms with E-state index in [1.165, 1.54) is 6.08 Å². The summed E-state index contributed by atoms with van der Waals surface area (Å²) in [7, 11) is 0. The van der Waals surface area contributed by atoms with E-state index >= 15 is 0 Å². The van der Waals surface area contributed by atoms with Gasteiger partial charge >= 0.3 is 11.9 Å². The number of amides is 3. The third kappa shape index (κ3) is 11.5. The molecule has 214 valence electrons. The zero-order chi connectivity index (χ0) is 29.5. The highest BCUT2D eigenvalue weighted by atomic mass is 16.5. The molecule has 4 N–H and O–H groups in total. The highest BCUT2D eigenvalue weighted by molar-refractivity contribution is 5.95. The van der Waals surface area contributed by atoms with Gasteiger partial charge in [0, 0.05) is 12.5 Å². The van der Waals surface area contributed by atoms with Crippen molar-refractivity contribution in [3.05, 3.63) is 77.4 Å². The molecule has 10 nitrogen and oxygen atoms in total. The molecule has 10 heteroatoms. The number of carboxylic acids is 1. The number of carboxylic acid groups (broad SMARTS) is 1. The largest absolute Gasteiger partial charge is 0.481 e. The normalized spacial score (nSPS) is 12.4. The Morgan fingerprint density at radius 3 is 2.30 bits per heavy atom. The van der Waals surface area contributed by atoms with Gasteiger partial charge in [0.2, 0.25) is 17.7 Å². The predicted molar refractivity (Wildman–Crippen MR) is 150 cm³/mol. The van der Waals surface area contributed by atoms with Crippen LogP contribution in [0.5, 0.6) is 0 Å². The highest BCUT2D eigenvalue weighted by Crippen LogP contribution is 2.09. The number of nitrogens with one attached hydrogen (secondary N) is 3. The van der Waals surface area contributed by atoms with Crippen LogP contribution in [0.4, 0.5) is 0 Å². The van der Waals surface area contributed by atoms with Crippen LogP contribution in [0.2, 0.25) is 0 Å². The summed E-state index contributed by atoms with van der Waals surface area (Å²) >= 11 is 0. The van der Waals surface area contributed by atoms with Gasteiger partial charge in [-0.05, 0) is 41.5 Å². The topological polar surface area (TPSA) is 151 Å². The fourth-order valence-electron chi connectivity index (χ4n) is 3.68. The molecule has 2 aromatic carbocycles. The average molecular weight is 552 g/mol. The van der Waals surface area contributed by atoms with Gasteiger partial charge in [0.25, 0.3) is 0 Å². The average Bonchev–Trinajstić information content (AvgIpc) is 2.94. The van der Waals surface area contributed by atoms with Gasteiger partial charge in [-0.2, -0.15) is 0 Å². The molecule has 2 rings (SSSR count). The van der Waals surface area contributed by atoms with Crippen molar-refractivity contribution in [1.29, 1.82) is 0 Å². The van der Waals surface area contributed by atoms with Crippen LogP contribution < -0.4 is 16.0 Å². The first-order valence-electron chi connectivity index (χ1n) is 13.2. The van der Waals surface area contributed by atoms with Gasteiger partial charge in [-0.25, -0.2) is 4.79 Å². The SMILES string of the molecule is CCc1cccc(C=CC(=O)NCC(=O)NC(C(=O)NC(CCC(=O)O)C(=O)OCc2ccccc2)C(C)C)c1. The highest BCUT2D eigenvalue weighted by Gasteiger charge is 2.30. The lowest BCUT2D eigenvalue weighted by Gasteiger charge is -2.25. The van der Waals surface area contributed by atoms with E-state index in [0.717, 1.165) is 23.1 Å². The Hall–Kier alpha value is -4.47. The quantitative estimate of drug-likeness (QED) is 0.196. The van der Waals surface area contributed by atoms with Crippen LogP contribution in [-0.2, 0) is 41.7 Å². The molecule has 0 radical (unpaired) electrons. The minimum Gasteiger partial charge on any atom is -0.481 e. The van der Waals surface area contributed by atoms with E-state index in [9.17, 15) is 24.0 Å². The fourth-order valence-corrected chi connectivity index (χ4v) is 3.68. The van der Waals surface area contributed by atoms with Crippen LogP contribution in [0.1, 0.15) is 50.3 Å². The summed E-state index contributed by atoms with van der Waals surface area (Å²) in [6, 6.07) is 14.4. The summed E-state index contributed by atoms with van der Waals surface area (Å²) in [6.07, 6.45) is 3.28. The van der Waals surface area contributed by atoms with Crippen molar-refractivity contribution < 1.29 is 33.8 Å². The standard InChI is InChI=1S/C30H37N3O7/c1-4-21-11-8-12-22(17-21)13-15-25(34)31-18-26(35)33-28(20(2)3)29(38)32-24(14-16-27(36)37)30(39)40-19-23-9-6-5-7-10-23/h5-13,15,17,20,24,28H,4,14,16,18-19H2,1-3H3,(H,31,34)(H,32,38)(H,33,35)(H,36,37). The third-order valence-corrected chi connectivity index (χ3v) is 5.95. The minimum absolute atomic E-state index is 0.0400. The second-order valence-electron chi connectivity index (χ2n) is 9.53. The maximum Gasteiger partial charge on any atom is 0.328 e. The van der Waals surface area contributed by atoms with Crippen molar-refractivity contribution in [1.82, 2.24) is 16.0 Å². The lowest BCUT2D eigenvalue weighted by atomic mass is 10.0. The molecule has 2 aromatic rings. The number of benzene rings is 2. The molecule has 0 aliphatic heterocycles. The molecule has 0 aliphatic rings. The van der Waals surface area contributed by atoms with E-state index in [1.54, 1.807) is 44.2 Å². The molecule has 3 amide bonds. The van der Waals surface area contributed by atoms with Gasteiger partial charge in [0.15, 0.2) is 0 Å². The summed E-state index contributed by atoms with van der Waals surface area (Å²) in [5.74, 6) is -4.03. The first-order valence-corrected chi connectivity index (χ1v) is 13.2. The first-order chi connectivity index (χ1) is 19.1. The van der Waals surface area contributed by atoms with Crippen LogP contribution in [0, 0.1) is 5.92 Å². The first kappa shape index (κ1) is 31.7. The fraction of sp³-hybridized carbons (Fsp3) is 0.367. The third-order valence-electron chi connectivity index (χ3n) is 5.95. The van der Waals surface area contributed by atoms with Crippen LogP contribution in [0.15, 0.2) is 60.7 Å². The number of carbonyl (C=O) groups is 5. The van der Waals surface area contributed by atoms with Gasteiger partial charge in [0.1, 0.15) is 18.7 Å². The van der Waals surface area contributed by atoms with E-state index in [-0.39, 0.29) is 31.9 Å². The Morgan fingerprint density at radius 1 is 0.950 bits per heavy atom. The zero-order valence-corrected chi connectivity index (χ0v) is 23.0. The van der Waals surface area contributed by atoms with Crippen molar-refractivity contribution in [3.8, 4) is 0 Å². The van der Waals surface area contributed by atoms with Crippen molar-refractivity contribution in [2.45, 2.75) is 58.7 Å². The molecule has 0 heterocycles. The molecular formula is C30H37N3O7. The number of aryl methyl sites for hydroxylation is 1. The van der Waals surface area contributed by atoms with Crippen LogP contribution >= 0.6 is 0 Å². The summed E-state index contributed by atoms with van der Waals surface area (Å²) in [5, 5.41) is 16.6. The number of carbonyl (C=O) groups excluding carboxylic acids is 4. The second-order valence-corrected chi connectivity index (χ2v) is 9.53. The van der Waals surface area contributed by atoms with E-state index in [0.29, 0.717) is 0 Å². The molecule has 0 aliphatic carbocycles. The zero-order valence-electron chi connectivity index (χ0n) is 23.0. The molecule has 0 saturated carbocycles. The number of esters is 1. The smallest absolute Gasteiger partial charge is 0.328 e. The predicted octanol–water partition coefficient (Wildman–Crippen LogP) is 2.61.